The van der Waals surface area contributed by atoms with Crippen LogP contribution in [-0.4, -0.2) is 16.0 Å². The molecule has 0 saturated carbocycles. The number of aromatic carboxylic acids is 1. The fourth-order valence-electron chi connectivity index (χ4n) is 1.52. The van der Waals surface area contributed by atoms with Crippen molar-refractivity contribution >= 4 is 23.3 Å². The van der Waals surface area contributed by atoms with Gasteiger partial charge in [-0.2, -0.15) is 0 Å². The van der Waals surface area contributed by atoms with Gasteiger partial charge in [0.25, 0.3) is 5.69 Å². The third kappa shape index (κ3) is 3.04. The fourth-order valence-corrected chi connectivity index (χ4v) is 1.64. The minimum Gasteiger partial charge on any atom is -0.478 e. The fraction of sp³-hybridized carbons (Fsp3) is 0. The average molecular weight is 294 g/mol. The van der Waals surface area contributed by atoms with E-state index in [1.54, 1.807) is 24.3 Å². The number of hydrogen-bond acceptors (Lipinski definition) is 4. The first-order chi connectivity index (χ1) is 9.47. The smallest absolute Gasteiger partial charge is 0.339 e. The van der Waals surface area contributed by atoms with Gasteiger partial charge in [-0.05, 0) is 30.3 Å². The molecule has 102 valence electrons. The first-order valence-corrected chi connectivity index (χ1v) is 5.80. The first-order valence-electron chi connectivity index (χ1n) is 5.42. The molecule has 0 heterocycles. The summed E-state index contributed by atoms with van der Waals surface area (Å²) in [5, 5.41) is 20.2. The van der Waals surface area contributed by atoms with Gasteiger partial charge in [0.2, 0.25) is 0 Å². The first kappa shape index (κ1) is 13.8. The average Bonchev–Trinajstić information content (AvgIpc) is 2.41. The lowest BCUT2D eigenvalue weighted by Crippen LogP contribution is -2.01. The van der Waals surface area contributed by atoms with Gasteiger partial charge in [0, 0.05) is 17.2 Å². The summed E-state index contributed by atoms with van der Waals surface area (Å²) in [5.41, 5.74) is -0.597. The van der Waals surface area contributed by atoms with E-state index in [0.717, 1.165) is 6.07 Å². The molecular weight excluding hydrogens is 286 g/mol. The third-order valence-electron chi connectivity index (χ3n) is 2.45. The maximum Gasteiger partial charge on any atom is 0.339 e. The van der Waals surface area contributed by atoms with Crippen molar-refractivity contribution in [1.29, 1.82) is 0 Å². The summed E-state index contributed by atoms with van der Waals surface area (Å²) in [5.74, 6) is -0.908. The number of nitro groups is 1. The Morgan fingerprint density at radius 3 is 2.40 bits per heavy atom. The van der Waals surface area contributed by atoms with E-state index < -0.39 is 10.9 Å². The van der Waals surface area contributed by atoms with Gasteiger partial charge in [0.1, 0.15) is 17.1 Å². The molecule has 0 radical (unpaired) electrons. The van der Waals surface area contributed by atoms with Crippen LogP contribution in [0.25, 0.3) is 0 Å². The minimum atomic E-state index is -1.31. The number of carboxylic acids is 1. The highest BCUT2D eigenvalue weighted by molar-refractivity contribution is 6.30. The minimum absolute atomic E-state index is 0.0189. The van der Waals surface area contributed by atoms with Gasteiger partial charge >= 0.3 is 5.97 Å². The number of rotatable bonds is 4. The zero-order chi connectivity index (χ0) is 14.7. The number of nitrogens with zero attached hydrogens (tertiary/aromatic N) is 1. The van der Waals surface area contributed by atoms with Gasteiger partial charge in [0.15, 0.2) is 0 Å². The van der Waals surface area contributed by atoms with E-state index in [0.29, 0.717) is 10.8 Å². The predicted molar refractivity (Wildman–Crippen MR) is 71.6 cm³/mol. The topological polar surface area (TPSA) is 89.7 Å². The second-order valence-electron chi connectivity index (χ2n) is 3.80. The van der Waals surface area contributed by atoms with Crippen molar-refractivity contribution in [2.45, 2.75) is 0 Å². The molecule has 0 aliphatic rings. The van der Waals surface area contributed by atoms with Crippen molar-refractivity contribution in [3.05, 3.63) is 63.2 Å². The van der Waals surface area contributed by atoms with Crippen LogP contribution in [0, 0.1) is 10.1 Å². The lowest BCUT2D eigenvalue weighted by molar-refractivity contribution is -0.384. The van der Waals surface area contributed by atoms with Crippen LogP contribution in [0.15, 0.2) is 42.5 Å². The van der Waals surface area contributed by atoms with Gasteiger partial charge in [-0.1, -0.05) is 11.6 Å². The normalized spacial score (nSPS) is 10.1. The second kappa shape index (κ2) is 5.58. The molecule has 0 spiro atoms. The Hall–Kier alpha value is -2.60. The summed E-state index contributed by atoms with van der Waals surface area (Å²) in [6.07, 6.45) is 0. The van der Waals surface area contributed by atoms with Crippen LogP contribution in [0.1, 0.15) is 10.4 Å². The summed E-state index contributed by atoms with van der Waals surface area (Å²) in [4.78, 5) is 21.1. The molecule has 2 aromatic carbocycles. The standard InChI is InChI=1S/C13H8ClNO5/c14-8-1-4-10(5-2-8)20-12-6-3-9(15(18)19)7-11(12)13(16)17/h1-7H,(H,16,17). The molecule has 0 fully saturated rings. The van der Waals surface area contributed by atoms with Crippen LogP contribution in [0.4, 0.5) is 5.69 Å². The molecule has 0 amide bonds. The van der Waals surface area contributed by atoms with Crippen molar-refractivity contribution in [2.75, 3.05) is 0 Å². The monoisotopic (exact) mass is 293 g/mol. The summed E-state index contributed by atoms with van der Waals surface area (Å²) in [6.45, 7) is 0. The molecular formula is C13H8ClNO5. The number of nitro benzene ring substituents is 1. The molecule has 0 aromatic heterocycles. The number of ether oxygens (including phenoxy) is 1. The lowest BCUT2D eigenvalue weighted by Gasteiger charge is -2.08. The molecule has 0 saturated heterocycles. The van der Waals surface area contributed by atoms with Crippen LogP contribution in [0.5, 0.6) is 11.5 Å². The predicted octanol–water partition coefficient (Wildman–Crippen LogP) is 3.74. The van der Waals surface area contributed by atoms with E-state index in [4.69, 9.17) is 21.4 Å². The summed E-state index contributed by atoms with van der Waals surface area (Å²) >= 11 is 5.73. The van der Waals surface area contributed by atoms with E-state index in [1.165, 1.54) is 12.1 Å². The zero-order valence-corrected chi connectivity index (χ0v) is 10.7. The SMILES string of the molecule is O=C(O)c1cc([N+](=O)[O-])ccc1Oc1ccc(Cl)cc1. The second-order valence-corrected chi connectivity index (χ2v) is 4.24. The van der Waals surface area contributed by atoms with Crippen molar-refractivity contribution in [2.24, 2.45) is 0 Å². The van der Waals surface area contributed by atoms with Gasteiger partial charge in [-0.15, -0.1) is 0 Å². The van der Waals surface area contributed by atoms with Crippen LogP contribution >= 0.6 is 11.6 Å². The largest absolute Gasteiger partial charge is 0.478 e. The maximum absolute atomic E-state index is 11.1. The van der Waals surface area contributed by atoms with Gasteiger partial charge in [-0.25, -0.2) is 4.79 Å². The number of carboxylic acid groups (broad SMARTS) is 1. The van der Waals surface area contributed by atoms with E-state index in [2.05, 4.69) is 0 Å². The molecule has 6 nitrogen and oxygen atoms in total. The van der Waals surface area contributed by atoms with Crippen LogP contribution in [0.3, 0.4) is 0 Å². The number of carbonyl (C=O) groups is 1. The number of non-ortho nitro benzene ring substituents is 1. The lowest BCUT2D eigenvalue weighted by atomic mass is 10.2. The summed E-state index contributed by atoms with van der Waals surface area (Å²) < 4.78 is 5.40. The molecule has 0 bridgehead atoms. The Kier molecular flexibility index (Phi) is 3.86. The number of hydrogen-bond donors (Lipinski definition) is 1. The zero-order valence-electron chi connectivity index (χ0n) is 9.95. The molecule has 0 unspecified atom stereocenters. The van der Waals surface area contributed by atoms with Gasteiger partial charge in [-0.3, -0.25) is 10.1 Å². The Morgan fingerprint density at radius 2 is 1.85 bits per heavy atom. The van der Waals surface area contributed by atoms with E-state index >= 15 is 0 Å². The van der Waals surface area contributed by atoms with E-state index in [-0.39, 0.29) is 17.0 Å². The van der Waals surface area contributed by atoms with Gasteiger partial charge < -0.3 is 9.84 Å². The molecule has 7 heteroatoms. The molecule has 20 heavy (non-hydrogen) atoms. The molecule has 0 atom stereocenters. The quantitative estimate of drug-likeness (QED) is 0.685. The molecule has 0 aliphatic carbocycles. The van der Waals surface area contributed by atoms with Crippen molar-refractivity contribution in [3.8, 4) is 11.5 Å². The van der Waals surface area contributed by atoms with Crippen molar-refractivity contribution in [1.82, 2.24) is 0 Å². The number of benzene rings is 2. The molecule has 0 aliphatic heterocycles. The highest BCUT2D eigenvalue weighted by Gasteiger charge is 2.17. The number of halogens is 1. The van der Waals surface area contributed by atoms with Crippen LogP contribution < -0.4 is 4.74 Å². The molecule has 2 aromatic rings. The van der Waals surface area contributed by atoms with E-state index in [9.17, 15) is 14.9 Å². The Bertz CT molecular complexity index is 669. The Labute approximate surface area is 118 Å². The highest BCUT2D eigenvalue weighted by atomic mass is 35.5. The summed E-state index contributed by atoms with van der Waals surface area (Å²) in [6, 6.07) is 9.68. The van der Waals surface area contributed by atoms with Crippen LogP contribution in [-0.2, 0) is 0 Å². The van der Waals surface area contributed by atoms with Crippen molar-refractivity contribution in [3.63, 3.8) is 0 Å². The molecule has 1 N–H and O–H groups in total. The highest BCUT2D eigenvalue weighted by Crippen LogP contribution is 2.29. The Morgan fingerprint density at radius 1 is 1.20 bits per heavy atom. The van der Waals surface area contributed by atoms with Crippen LogP contribution in [0.2, 0.25) is 5.02 Å². The maximum atomic E-state index is 11.1. The summed E-state index contributed by atoms with van der Waals surface area (Å²) in [7, 11) is 0. The van der Waals surface area contributed by atoms with Crippen molar-refractivity contribution < 1.29 is 19.6 Å². The third-order valence-corrected chi connectivity index (χ3v) is 2.70. The molecule has 2 rings (SSSR count). The Balaban J connectivity index is 2.38. The van der Waals surface area contributed by atoms with E-state index in [1.807, 2.05) is 0 Å². The van der Waals surface area contributed by atoms with Gasteiger partial charge in [0.05, 0.1) is 4.92 Å².